The first-order valence-electron chi connectivity index (χ1n) is 2.96. The summed E-state index contributed by atoms with van der Waals surface area (Å²) < 4.78 is 1.68. The van der Waals surface area contributed by atoms with Crippen LogP contribution in [0, 0.1) is 0 Å². The molecule has 0 unspecified atom stereocenters. The van der Waals surface area contributed by atoms with Gasteiger partial charge in [-0.15, -0.1) is 10.2 Å². The van der Waals surface area contributed by atoms with Crippen molar-refractivity contribution >= 4 is 0 Å². The summed E-state index contributed by atoms with van der Waals surface area (Å²) in [5.41, 5.74) is 5.47. The fraction of sp³-hybridized carbons (Fsp3) is 0.600. The van der Waals surface area contributed by atoms with Gasteiger partial charge < -0.3 is 15.4 Å². The topological polar surface area (TPSA) is 77.0 Å². The Bertz CT molecular complexity index is 209. The number of rotatable bonds is 2. The lowest BCUT2D eigenvalue weighted by Gasteiger charge is -2.04. The van der Waals surface area contributed by atoms with E-state index >= 15 is 0 Å². The van der Waals surface area contributed by atoms with Crippen molar-refractivity contribution in [2.24, 2.45) is 12.8 Å². The third-order valence-corrected chi connectivity index (χ3v) is 1.27. The van der Waals surface area contributed by atoms with Gasteiger partial charge >= 0.3 is 0 Å². The Morgan fingerprint density at radius 1 is 1.90 bits per heavy atom. The molecular weight excluding hydrogens is 132 g/mol. The monoisotopic (exact) mass is 142 g/mol. The van der Waals surface area contributed by atoms with Gasteiger partial charge in [-0.1, -0.05) is 0 Å². The highest BCUT2D eigenvalue weighted by Gasteiger charge is 2.08. The van der Waals surface area contributed by atoms with Crippen LogP contribution in [0.3, 0.4) is 0 Å². The molecule has 1 aromatic rings. The van der Waals surface area contributed by atoms with Gasteiger partial charge in [-0.2, -0.15) is 0 Å². The molecule has 3 N–H and O–H groups in total. The molecule has 0 aliphatic carbocycles. The van der Waals surface area contributed by atoms with Crippen LogP contribution in [0.15, 0.2) is 6.33 Å². The lowest BCUT2D eigenvalue weighted by atomic mass is 10.3. The Morgan fingerprint density at radius 3 is 3.00 bits per heavy atom. The molecule has 1 atom stereocenters. The zero-order chi connectivity index (χ0) is 7.56. The highest BCUT2D eigenvalue weighted by Crippen LogP contribution is 2.01. The predicted molar refractivity (Wildman–Crippen MR) is 35.0 cm³/mol. The van der Waals surface area contributed by atoms with Crippen LogP contribution in [0.5, 0.6) is 0 Å². The van der Waals surface area contributed by atoms with Crippen molar-refractivity contribution in [2.75, 3.05) is 6.61 Å². The second kappa shape index (κ2) is 2.76. The van der Waals surface area contributed by atoms with Crippen LogP contribution in [-0.2, 0) is 7.05 Å². The van der Waals surface area contributed by atoms with Gasteiger partial charge in [-0.3, -0.25) is 0 Å². The average molecular weight is 142 g/mol. The number of aliphatic hydroxyl groups is 1. The number of nitrogens with zero attached hydrogens (tertiary/aromatic N) is 3. The van der Waals surface area contributed by atoms with E-state index in [9.17, 15) is 0 Å². The Balaban J connectivity index is 2.82. The second-order valence-corrected chi connectivity index (χ2v) is 2.09. The van der Waals surface area contributed by atoms with Gasteiger partial charge in [0, 0.05) is 7.05 Å². The van der Waals surface area contributed by atoms with Gasteiger partial charge in [0.05, 0.1) is 12.6 Å². The summed E-state index contributed by atoms with van der Waals surface area (Å²) in [4.78, 5) is 0. The number of nitrogens with two attached hydrogens (primary N) is 1. The quantitative estimate of drug-likeness (QED) is 0.544. The van der Waals surface area contributed by atoms with Crippen molar-refractivity contribution in [3.8, 4) is 0 Å². The van der Waals surface area contributed by atoms with Gasteiger partial charge in [-0.25, -0.2) is 0 Å². The first-order valence-corrected chi connectivity index (χ1v) is 2.96. The van der Waals surface area contributed by atoms with Crippen LogP contribution in [-0.4, -0.2) is 26.5 Å². The largest absolute Gasteiger partial charge is 0.394 e. The lowest BCUT2D eigenvalue weighted by molar-refractivity contribution is 0.261. The van der Waals surface area contributed by atoms with E-state index in [2.05, 4.69) is 10.2 Å². The molecule has 0 saturated heterocycles. The van der Waals surface area contributed by atoms with E-state index in [0.29, 0.717) is 5.82 Å². The minimum atomic E-state index is -0.424. The number of hydrogen-bond donors (Lipinski definition) is 2. The fourth-order valence-electron chi connectivity index (χ4n) is 0.709. The Hall–Kier alpha value is -0.940. The molecule has 5 nitrogen and oxygen atoms in total. The smallest absolute Gasteiger partial charge is 0.151 e. The Labute approximate surface area is 58.5 Å². The number of aryl methyl sites for hydroxylation is 1. The van der Waals surface area contributed by atoms with E-state index < -0.39 is 6.04 Å². The summed E-state index contributed by atoms with van der Waals surface area (Å²) in [6.07, 6.45) is 1.55. The Morgan fingerprint density at radius 2 is 2.60 bits per heavy atom. The zero-order valence-corrected chi connectivity index (χ0v) is 5.73. The number of aliphatic hydroxyl groups excluding tert-OH is 1. The standard InChI is InChI=1S/C5H10N4O/c1-9-3-7-8-5(9)4(6)2-10/h3-4,10H,2,6H2,1H3/t4-/m1/s1. The molecule has 0 fully saturated rings. The zero-order valence-electron chi connectivity index (χ0n) is 5.73. The maximum absolute atomic E-state index is 8.62. The summed E-state index contributed by atoms with van der Waals surface area (Å²) in [5, 5.41) is 16.0. The molecule has 0 amide bonds. The number of hydrogen-bond acceptors (Lipinski definition) is 4. The van der Waals surface area contributed by atoms with Gasteiger partial charge in [0.1, 0.15) is 6.33 Å². The molecular formula is C5H10N4O. The van der Waals surface area contributed by atoms with E-state index in [4.69, 9.17) is 10.8 Å². The second-order valence-electron chi connectivity index (χ2n) is 2.09. The third kappa shape index (κ3) is 1.14. The first-order chi connectivity index (χ1) is 4.75. The van der Waals surface area contributed by atoms with E-state index in [1.807, 2.05) is 0 Å². The molecule has 56 valence electrons. The summed E-state index contributed by atoms with van der Waals surface area (Å²) in [7, 11) is 1.78. The maximum atomic E-state index is 8.62. The summed E-state index contributed by atoms with van der Waals surface area (Å²) in [5.74, 6) is 0.600. The van der Waals surface area contributed by atoms with Crippen molar-refractivity contribution in [2.45, 2.75) is 6.04 Å². The molecule has 0 radical (unpaired) electrons. The highest BCUT2D eigenvalue weighted by molar-refractivity contribution is 4.91. The van der Waals surface area contributed by atoms with E-state index in [0.717, 1.165) is 0 Å². The highest BCUT2D eigenvalue weighted by atomic mass is 16.3. The first kappa shape index (κ1) is 7.17. The third-order valence-electron chi connectivity index (χ3n) is 1.27. The minimum absolute atomic E-state index is 0.105. The molecule has 1 rings (SSSR count). The molecule has 0 aromatic carbocycles. The van der Waals surface area contributed by atoms with Crippen molar-refractivity contribution in [1.29, 1.82) is 0 Å². The van der Waals surface area contributed by atoms with E-state index in [-0.39, 0.29) is 6.61 Å². The van der Waals surface area contributed by atoms with Crippen LogP contribution in [0.4, 0.5) is 0 Å². The lowest BCUT2D eigenvalue weighted by Crippen LogP contribution is -2.18. The predicted octanol–water partition coefficient (Wildman–Crippen LogP) is -1.19. The van der Waals surface area contributed by atoms with Crippen LogP contribution in [0.25, 0.3) is 0 Å². The maximum Gasteiger partial charge on any atom is 0.151 e. The number of aromatic nitrogens is 3. The molecule has 0 aliphatic heterocycles. The van der Waals surface area contributed by atoms with Crippen LogP contribution in [0.1, 0.15) is 11.9 Å². The van der Waals surface area contributed by atoms with Gasteiger partial charge in [0.2, 0.25) is 0 Å². The van der Waals surface area contributed by atoms with Crippen molar-refractivity contribution in [3.63, 3.8) is 0 Å². The van der Waals surface area contributed by atoms with Gasteiger partial charge in [0.25, 0.3) is 0 Å². The van der Waals surface area contributed by atoms with Crippen molar-refractivity contribution < 1.29 is 5.11 Å². The van der Waals surface area contributed by atoms with Crippen molar-refractivity contribution in [3.05, 3.63) is 12.2 Å². The Kier molecular flexibility index (Phi) is 1.98. The summed E-state index contributed by atoms with van der Waals surface area (Å²) >= 11 is 0. The normalized spacial score (nSPS) is 13.5. The fourth-order valence-corrected chi connectivity index (χ4v) is 0.709. The molecule has 1 heterocycles. The summed E-state index contributed by atoms with van der Waals surface area (Å²) in [6, 6.07) is -0.424. The minimum Gasteiger partial charge on any atom is -0.394 e. The average Bonchev–Trinajstić information content (AvgIpc) is 2.34. The molecule has 10 heavy (non-hydrogen) atoms. The molecule has 0 saturated carbocycles. The van der Waals surface area contributed by atoms with Gasteiger partial charge in [-0.05, 0) is 0 Å². The van der Waals surface area contributed by atoms with E-state index in [1.54, 1.807) is 17.9 Å². The molecule has 0 bridgehead atoms. The summed E-state index contributed by atoms with van der Waals surface area (Å²) in [6.45, 7) is -0.105. The van der Waals surface area contributed by atoms with Gasteiger partial charge in [0.15, 0.2) is 5.82 Å². The molecule has 1 aromatic heterocycles. The molecule has 0 aliphatic rings. The van der Waals surface area contributed by atoms with Crippen LogP contribution in [0.2, 0.25) is 0 Å². The SMILES string of the molecule is Cn1cnnc1[C@H](N)CO. The molecule has 0 spiro atoms. The van der Waals surface area contributed by atoms with E-state index in [1.165, 1.54) is 0 Å². The van der Waals surface area contributed by atoms with Crippen LogP contribution >= 0.6 is 0 Å². The van der Waals surface area contributed by atoms with Crippen LogP contribution < -0.4 is 5.73 Å². The van der Waals surface area contributed by atoms with Crippen molar-refractivity contribution in [1.82, 2.24) is 14.8 Å². The molecule has 5 heteroatoms.